The van der Waals surface area contributed by atoms with Gasteiger partial charge in [0.05, 0.1) is 12.9 Å². The van der Waals surface area contributed by atoms with Gasteiger partial charge in [0.15, 0.2) is 0 Å². The maximum atomic E-state index is 13.6. The van der Waals surface area contributed by atoms with Crippen molar-refractivity contribution in [2.45, 2.75) is 5.37 Å². The molecule has 5 nitrogen and oxygen atoms in total. The second kappa shape index (κ2) is 8.59. The maximum Gasteiger partial charge on any atom is 0.255 e. The van der Waals surface area contributed by atoms with Gasteiger partial charge in [-0.25, -0.2) is 4.39 Å². The fourth-order valence-electron chi connectivity index (χ4n) is 3.27. The van der Waals surface area contributed by atoms with Gasteiger partial charge in [0, 0.05) is 16.9 Å². The zero-order valence-corrected chi connectivity index (χ0v) is 17.0. The smallest absolute Gasteiger partial charge is 0.255 e. The molecule has 1 aliphatic rings. The number of benzene rings is 3. The van der Waals surface area contributed by atoms with Crippen molar-refractivity contribution in [3.63, 3.8) is 0 Å². The molecule has 4 rings (SSSR count). The predicted molar refractivity (Wildman–Crippen MR) is 116 cm³/mol. The number of hydrogen-bond acceptors (Lipinski definition) is 4. The average molecular weight is 422 g/mol. The zero-order chi connectivity index (χ0) is 21.1. The molecule has 0 aliphatic carbocycles. The van der Waals surface area contributed by atoms with Crippen molar-refractivity contribution in [2.75, 3.05) is 23.1 Å². The first kappa shape index (κ1) is 20.0. The van der Waals surface area contributed by atoms with Gasteiger partial charge in [-0.05, 0) is 54.1 Å². The Bertz CT molecular complexity index is 1090. The first-order valence-corrected chi connectivity index (χ1v) is 10.3. The van der Waals surface area contributed by atoms with E-state index in [9.17, 15) is 14.0 Å². The van der Waals surface area contributed by atoms with Crippen LogP contribution in [-0.2, 0) is 4.79 Å². The molecule has 30 heavy (non-hydrogen) atoms. The van der Waals surface area contributed by atoms with E-state index in [4.69, 9.17) is 4.74 Å². The number of carbonyl (C=O) groups excluding carboxylic acids is 2. The Labute approximate surface area is 177 Å². The third kappa shape index (κ3) is 4.16. The topological polar surface area (TPSA) is 58.6 Å². The van der Waals surface area contributed by atoms with Crippen LogP contribution in [0, 0.1) is 5.82 Å². The van der Waals surface area contributed by atoms with E-state index < -0.39 is 0 Å². The molecular formula is C23H19FN2O3S. The van der Waals surface area contributed by atoms with Crippen molar-refractivity contribution < 1.29 is 18.7 Å². The third-order valence-corrected chi connectivity index (χ3v) is 5.95. The molecule has 1 heterocycles. The summed E-state index contributed by atoms with van der Waals surface area (Å²) in [5.74, 6) is 0.250. The van der Waals surface area contributed by atoms with Crippen molar-refractivity contribution in [3.05, 3.63) is 89.7 Å². The molecule has 1 saturated heterocycles. The van der Waals surface area contributed by atoms with Crippen LogP contribution < -0.4 is 15.0 Å². The Morgan fingerprint density at radius 1 is 1.10 bits per heavy atom. The first-order chi connectivity index (χ1) is 14.5. The summed E-state index contributed by atoms with van der Waals surface area (Å²) in [5, 5.41) is 2.61. The molecule has 0 unspecified atom stereocenters. The molecule has 0 saturated carbocycles. The molecule has 0 spiro atoms. The lowest BCUT2D eigenvalue weighted by Gasteiger charge is -2.24. The number of anilines is 2. The van der Waals surface area contributed by atoms with E-state index in [1.54, 1.807) is 60.5 Å². The van der Waals surface area contributed by atoms with Crippen LogP contribution in [0.3, 0.4) is 0 Å². The normalized spacial score (nSPS) is 15.9. The molecule has 1 aliphatic heterocycles. The quantitative estimate of drug-likeness (QED) is 0.638. The highest BCUT2D eigenvalue weighted by atomic mass is 32.2. The summed E-state index contributed by atoms with van der Waals surface area (Å²) in [4.78, 5) is 26.5. The third-order valence-electron chi connectivity index (χ3n) is 4.74. The van der Waals surface area contributed by atoms with Gasteiger partial charge in [0.25, 0.3) is 5.91 Å². The van der Waals surface area contributed by atoms with Gasteiger partial charge < -0.3 is 10.1 Å². The highest BCUT2D eigenvalue weighted by Gasteiger charge is 2.34. The van der Waals surface area contributed by atoms with E-state index in [-0.39, 0.29) is 23.0 Å². The number of ether oxygens (including phenoxy) is 1. The molecule has 3 aromatic carbocycles. The van der Waals surface area contributed by atoms with E-state index in [1.807, 2.05) is 12.1 Å². The predicted octanol–water partition coefficient (Wildman–Crippen LogP) is 4.87. The van der Waals surface area contributed by atoms with Gasteiger partial charge in [-0.15, -0.1) is 11.8 Å². The number of hydrogen-bond donors (Lipinski definition) is 1. The molecular weight excluding hydrogens is 403 g/mol. The minimum Gasteiger partial charge on any atom is -0.497 e. The Morgan fingerprint density at radius 3 is 2.60 bits per heavy atom. The summed E-state index contributed by atoms with van der Waals surface area (Å²) in [6.07, 6.45) is 0. The van der Waals surface area contributed by atoms with Crippen molar-refractivity contribution in [2.24, 2.45) is 0 Å². The van der Waals surface area contributed by atoms with Gasteiger partial charge in [-0.3, -0.25) is 14.5 Å². The fraction of sp³-hybridized carbons (Fsp3) is 0.130. The Hall–Kier alpha value is -3.32. The maximum absolute atomic E-state index is 13.6. The van der Waals surface area contributed by atoms with Crippen LogP contribution in [0.5, 0.6) is 5.75 Å². The average Bonchev–Trinajstić information content (AvgIpc) is 3.15. The summed E-state index contributed by atoms with van der Waals surface area (Å²) >= 11 is 1.49. The van der Waals surface area contributed by atoms with Crippen LogP contribution in [0.4, 0.5) is 15.8 Å². The lowest BCUT2D eigenvalue weighted by atomic mass is 10.1. The van der Waals surface area contributed by atoms with E-state index in [0.717, 1.165) is 5.56 Å². The van der Waals surface area contributed by atoms with Crippen molar-refractivity contribution in [1.82, 2.24) is 0 Å². The minimum atomic E-state index is -0.383. The van der Waals surface area contributed by atoms with Crippen LogP contribution in [0.15, 0.2) is 72.8 Å². The molecule has 3 aromatic rings. The lowest BCUT2D eigenvalue weighted by Crippen LogP contribution is -2.27. The van der Waals surface area contributed by atoms with Crippen LogP contribution in [0.1, 0.15) is 21.3 Å². The molecule has 0 radical (unpaired) electrons. The largest absolute Gasteiger partial charge is 0.497 e. The van der Waals surface area contributed by atoms with Gasteiger partial charge in [0.2, 0.25) is 5.91 Å². The monoisotopic (exact) mass is 422 g/mol. The minimum absolute atomic E-state index is 0.0639. The van der Waals surface area contributed by atoms with E-state index >= 15 is 0 Å². The van der Waals surface area contributed by atoms with Crippen molar-refractivity contribution in [3.8, 4) is 5.75 Å². The van der Waals surface area contributed by atoms with Crippen LogP contribution in [0.25, 0.3) is 0 Å². The molecule has 1 fully saturated rings. The Balaban J connectivity index is 1.51. The second-order valence-corrected chi connectivity index (χ2v) is 7.78. The van der Waals surface area contributed by atoms with Gasteiger partial charge in [-0.1, -0.05) is 24.3 Å². The summed E-state index contributed by atoms with van der Waals surface area (Å²) in [6, 6.07) is 20.3. The highest BCUT2D eigenvalue weighted by Crippen LogP contribution is 2.42. The van der Waals surface area contributed by atoms with E-state index in [2.05, 4.69) is 5.32 Å². The molecule has 1 N–H and O–H groups in total. The SMILES string of the molecule is COc1cccc(C(=O)Nc2ccc([C@H]3SCC(=O)N3c3cccc(F)c3)cc2)c1. The highest BCUT2D eigenvalue weighted by molar-refractivity contribution is 8.00. The van der Waals surface area contributed by atoms with Gasteiger partial charge in [0.1, 0.15) is 16.9 Å². The van der Waals surface area contributed by atoms with Gasteiger partial charge >= 0.3 is 0 Å². The van der Waals surface area contributed by atoms with Crippen LogP contribution in [0.2, 0.25) is 0 Å². The number of nitrogens with one attached hydrogen (secondary N) is 1. The molecule has 1 atom stereocenters. The fourth-order valence-corrected chi connectivity index (χ4v) is 4.45. The summed E-state index contributed by atoms with van der Waals surface area (Å²) in [7, 11) is 1.55. The van der Waals surface area contributed by atoms with Crippen molar-refractivity contribution in [1.29, 1.82) is 0 Å². The van der Waals surface area contributed by atoms with E-state index in [0.29, 0.717) is 28.4 Å². The molecule has 2 amide bonds. The summed E-state index contributed by atoms with van der Waals surface area (Å²) in [5.41, 5.74) is 2.56. The van der Waals surface area contributed by atoms with Gasteiger partial charge in [-0.2, -0.15) is 0 Å². The number of carbonyl (C=O) groups is 2. The second-order valence-electron chi connectivity index (χ2n) is 6.72. The Kier molecular flexibility index (Phi) is 5.72. The first-order valence-electron chi connectivity index (χ1n) is 9.30. The number of rotatable bonds is 5. The number of thioether (sulfide) groups is 1. The number of nitrogens with zero attached hydrogens (tertiary/aromatic N) is 1. The molecule has 7 heteroatoms. The summed E-state index contributed by atoms with van der Waals surface area (Å²) < 4.78 is 18.8. The number of methoxy groups -OCH3 is 1. The van der Waals surface area contributed by atoms with Crippen LogP contribution in [-0.4, -0.2) is 24.7 Å². The van der Waals surface area contributed by atoms with Crippen molar-refractivity contribution >= 4 is 35.0 Å². The lowest BCUT2D eigenvalue weighted by molar-refractivity contribution is -0.115. The Morgan fingerprint density at radius 2 is 1.87 bits per heavy atom. The molecule has 152 valence electrons. The number of amides is 2. The molecule has 0 bridgehead atoms. The number of halogens is 1. The van der Waals surface area contributed by atoms with E-state index in [1.165, 1.54) is 23.9 Å². The standard InChI is InChI=1S/C23H19FN2O3S/c1-29-20-7-2-4-16(12-20)22(28)25-18-10-8-15(9-11-18)23-26(21(27)14-30-23)19-6-3-5-17(24)13-19/h2-13,23H,14H2,1H3,(H,25,28)/t23-/m1/s1. The molecule has 0 aromatic heterocycles. The van der Waals surface area contributed by atoms with Crippen LogP contribution >= 0.6 is 11.8 Å². The summed E-state index contributed by atoms with van der Waals surface area (Å²) in [6.45, 7) is 0. The zero-order valence-electron chi connectivity index (χ0n) is 16.2.